The molecule has 1 saturated heterocycles. The van der Waals surface area contributed by atoms with Crippen LogP contribution in [0.2, 0.25) is 0 Å². The second kappa shape index (κ2) is 9.34. The predicted octanol–water partition coefficient (Wildman–Crippen LogP) is 4.82. The second-order valence-electron chi connectivity index (χ2n) is 10.4. The van der Waals surface area contributed by atoms with E-state index in [9.17, 15) is 9.59 Å². The van der Waals surface area contributed by atoms with E-state index in [4.69, 9.17) is 4.74 Å². The SMILES string of the molecule is C[C@@H]1C[C@@]1(C)NC(=O)[C@@H]1C[C@@H](Oc2nc3ccccc3s2)CN1C(=O)CNc1ccc2ccccc2c1. The number of hydrogen-bond acceptors (Lipinski definition) is 6. The number of nitrogens with zero attached hydrogens (tertiary/aromatic N) is 2. The van der Waals surface area contributed by atoms with Crippen LogP contribution in [0.4, 0.5) is 5.69 Å². The molecule has 0 unspecified atom stereocenters. The van der Waals surface area contributed by atoms with Crippen molar-refractivity contribution in [1.82, 2.24) is 15.2 Å². The third-order valence-corrected chi connectivity index (χ3v) is 8.61. The molecule has 6 rings (SSSR count). The molecule has 1 saturated carbocycles. The van der Waals surface area contributed by atoms with Crippen molar-refractivity contribution in [1.29, 1.82) is 0 Å². The van der Waals surface area contributed by atoms with Gasteiger partial charge >= 0.3 is 0 Å². The molecule has 7 nitrogen and oxygen atoms in total. The number of benzene rings is 3. The summed E-state index contributed by atoms with van der Waals surface area (Å²) in [5.41, 5.74) is 1.56. The lowest BCUT2D eigenvalue weighted by atomic mass is 10.1. The third-order valence-electron chi connectivity index (χ3n) is 7.69. The number of ether oxygens (including phenoxy) is 1. The molecule has 2 fully saturated rings. The Hall–Kier alpha value is -3.65. The van der Waals surface area contributed by atoms with E-state index in [-0.39, 0.29) is 30.0 Å². The Morgan fingerprint density at radius 3 is 2.65 bits per heavy atom. The number of para-hydroxylation sites is 1. The Bertz CT molecular complexity index is 1450. The summed E-state index contributed by atoms with van der Waals surface area (Å²) >= 11 is 1.48. The number of carbonyl (C=O) groups excluding carboxylic acids is 2. The fourth-order valence-electron chi connectivity index (χ4n) is 5.15. The molecule has 1 aromatic heterocycles. The number of likely N-dealkylation sites (tertiary alicyclic amines) is 1. The largest absolute Gasteiger partial charge is 0.465 e. The Morgan fingerprint density at radius 2 is 1.86 bits per heavy atom. The van der Waals surface area contributed by atoms with Gasteiger partial charge in [-0.2, -0.15) is 0 Å². The number of nitrogens with one attached hydrogen (secondary N) is 2. The van der Waals surface area contributed by atoms with E-state index in [2.05, 4.69) is 35.5 Å². The molecule has 190 valence electrons. The second-order valence-corrected chi connectivity index (χ2v) is 11.4. The van der Waals surface area contributed by atoms with Gasteiger partial charge in [0.05, 0.1) is 23.3 Å². The molecular weight excluding hydrogens is 484 g/mol. The van der Waals surface area contributed by atoms with E-state index in [0.29, 0.717) is 24.1 Å². The highest BCUT2D eigenvalue weighted by Gasteiger charge is 2.50. The van der Waals surface area contributed by atoms with Gasteiger partial charge in [0, 0.05) is 17.6 Å². The van der Waals surface area contributed by atoms with Crippen LogP contribution in [0.25, 0.3) is 21.0 Å². The van der Waals surface area contributed by atoms with Crippen LogP contribution in [-0.2, 0) is 9.59 Å². The molecular formula is C29H30N4O3S. The molecule has 3 aromatic carbocycles. The van der Waals surface area contributed by atoms with Crippen molar-refractivity contribution < 1.29 is 14.3 Å². The summed E-state index contributed by atoms with van der Waals surface area (Å²) in [6.45, 7) is 4.64. The van der Waals surface area contributed by atoms with Gasteiger partial charge in [-0.3, -0.25) is 9.59 Å². The fraction of sp³-hybridized carbons (Fsp3) is 0.345. The van der Waals surface area contributed by atoms with Crippen LogP contribution in [0.1, 0.15) is 26.7 Å². The average Bonchev–Trinajstić information content (AvgIpc) is 3.22. The lowest BCUT2D eigenvalue weighted by Gasteiger charge is -2.25. The van der Waals surface area contributed by atoms with Gasteiger partial charge in [-0.25, -0.2) is 4.98 Å². The first-order chi connectivity index (χ1) is 17.9. The number of fused-ring (bicyclic) bond motifs is 2. The van der Waals surface area contributed by atoms with Crippen molar-refractivity contribution in [3.8, 4) is 5.19 Å². The van der Waals surface area contributed by atoms with Gasteiger partial charge < -0.3 is 20.3 Å². The topological polar surface area (TPSA) is 83.6 Å². The van der Waals surface area contributed by atoms with Crippen LogP contribution in [0, 0.1) is 5.92 Å². The maximum atomic E-state index is 13.4. The molecule has 4 atom stereocenters. The molecule has 8 heteroatoms. The summed E-state index contributed by atoms with van der Waals surface area (Å²) < 4.78 is 7.26. The molecule has 1 aliphatic heterocycles. The van der Waals surface area contributed by atoms with Crippen molar-refractivity contribution in [3.05, 3.63) is 66.7 Å². The number of carbonyl (C=O) groups is 2. The third kappa shape index (κ3) is 4.85. The van der Waals surface area contributed by atoms with E-state index in [1.807, 2.05) is 60.7 Å². The molecule has 1 aliphatic carbocycles. The first-order valence-electron chi connectivity index (χ1n) is 12.7. The highest BCUT2D eigenvalue weighted by molar-refractivity contribution is 7.20. The average molecular weight is 515 g/mol. The number of amides is 2. The Morgan fingerprint density at radius 1 is 1.11 bits per heavy atom. The molecule has 2 aliphatic rings. The lowest BCUT2D eigenvalue weighted by molar-refractivity contribution is -0.137. The predicted molar refractivity (Wildman–Crippen MR) is 147 cm³/mol. The van der Waals surface area contributed by atoms with Crippen molar-refractivity contribution >= 4 is 49.8 Å². The van der Waals surface area contributed by atoms with Crippen molar-refractivity contribution in [2.24, 2.45) is 5.92 Å². The molecule has 4 aromatic rings. The molecule has 2 heterocycles. The van der Waals surface area contributed by atoms with Crippen LogP contribution in [0.3, 0.4) is 0 Å². The highest BCUT2D eigenvalue weighted by atomic mass is 32.1. The fourth-order valence-corrected chi connectivity index (χ4v) is 6.03. The molecule has 2 amide bonds. The van der Waals surface area contributed by atoms with Gasteiger partial charge in [0.1, 0.15) is 12.1 Å². The van der Waals surface area contributed by atoms with E-state index in [1.165, 1.54) is 11.3 Å². The summed E-state index contributed by atoms with van der Waals surface area (Å²) in [5.74, 6) is 0.199. The van der Waals surface area contributed by atoms with Gasteiger partial charge in [-0.05, 0) is 54.3 Å². The Balaban J connectivity index is 1.17. The number of aromatic nitrogens is 1. The molecule has 0 spiro atoms. The minimum Gasteiger partial charge on any atom is -0.465 e. The van der Waals surface area contributed by atoms with Crippen LogP contribution in [-0.4, -0.2) is 52.5 Å². The van der Waals surface area contributed by atoms with E-state index in [0.717, 1.165) is 33.1 Å². The van der Waals surface area contributed by atoms with Gasteiger partial charge in [0.15, 0.2) is 0 Å². The summed E-state index contributed by atoms with van der Waals surface area (Å²) in [6.07, 6.45) is 1.09. The lowest BCUT2D eigenvalue weighted by Crippen LogP contribution is -2.50. The zero-order valence-electron chi connectivity index (χ0n) is 20.9. The van der Waals surface area contributed by atoms with E-state index >= 15 is 0 Å². The summed E-state index contributed by atoms with van der Waals surface area (Å²) in [6, 6.07) is 21.5. The zero-order chi connectivity index (χ0) is 25.6. The first-order valence-corrected chi connectivity index (χ1v) is 13.6. The smallest absolute Gasteiger partial charge is 0.274 e. The van der Waals surface area contributed by atoms with Crippen molar-refractivity contribution in [3.63, 3.8) is 0 Å². The first kappa shape index (κ1) is 23.7. The molecule has 2 N–H and O–H groups in total. The number of hydrogen-bond donors (Lipinski definition) is 2. The highest BCUT2D eigenvalue weighted by Crippen LogP contribution is 2.42. The van der Waals surface area contributed by atoms with Gasteiger partial charge in [-0.1, -0.05) is 60.7 Å². The Labute approximate surface area is 219 Å². The monoisotopic (exact) mass is 514 g/mol. The van der Waals surface area contributed by atoms with Crippen molar-refractivity contribution in [2.45, 2.75) is 44.4 Å². The van der Waals surface area contributed by atoms with Crippen LogP contribution in [0.15, 0.2) is 66.7 Å². The van der Waals surface area contributed by atoms with Gasteiger partial charge in [0.2, 0.25) is 11.8 Å². The minimum atomic E-state index is -0.574. The number of rotatable bonds is 7. The van der Waals surface area contributed by atoms with Crippen molar-refractivity contribution in [2.75, 3.05) is 18.4 Å². The molecule has 0 radical (unpaired) electrons. The summed E-state index contributed by atoms with van der Waals surface area (Å²) in [4.78, 5) is 33.0. The normalized spacial score (nSPS) is 24.8. The van der Waals surface area contributed by atoms with E-state index < -0.39 is 6.04 Å². The maximum absolute atomic E-state index is 13.4. The van der Waals surface area contributed by atoms with E-state index in [1.54, 1.807) is 4.90 Å². The quantitative estimate of drug-likeness (QED) is 0.369. The van der Waals surface area contributed by atoms with Gasteiger partial charge in [-0.15, -0.1) is 0 Å². The minimum absolute atomic E-state index is 0.101. The summed E-state index contributed by atoms with van der Waals surface area (Å²) in [5, 5.41) is 9.25. The molecule has 0 bridgehead atoms. The number of anilines is 1. The summed E-state index contributed by atoms with van der Waals surface area (Å²) in [7, 11) is 0. The Kier molecular flexibility index (Phi) is 5.99. The number of thiazole rings is 1. The standard InChI is InChI=1S/C29H30N4O3S/c1-18-15-29(18,2)32-27(35)24-14-22(36-28-31-23-9-5-6-10-25(23)37-28)17-33(24)26(34)16-30-21-12-11-19-7-3-4-8-20(19)13-21/h3-13,18,22,24,30H,14-17H2,1-2H3,(H,32,35)/t18-,22-,24+,29-/m1/s1. The van der Waals surface area contributed by atoms with Crippen LogP contribution in [0.5, 0.6) is 5.19 Å². The maximum Gasteiger partial charge on any atom is 0.274 e. The van der Waals surface area contributed by atoms with Crippen LogP contribution >= 0.6 is 11.3 Å². The molecule has 37 heavy (non-hydrogen) atoms. The zero-order valence-corrected chi connectivity index (χ0v) is 21.8. The van der Waals surface area contributed by atoms with Gasteiger partial charge in [0.25, 0.3) is 5.19 Å². The van der Waals surface area contributed by atoms with Crippen LogP contribution < -0.4 is 15.4 Å².